The highest BCUT2D eigenvalue weighted by Crippen LogP contribution is 2.46. The maximum absolute atomic E-state index is 10.8. The van der Waals surface area contributed by atoms with Crippen molar-refractivity contribution in [2.75, 3.05) is 0 Å². The molecule has 1 fully saturated rings. The van der Waals surface area contributed by atoms with E-state index in [-0.39, 0.29) is 0 Å². The lowest BCUT2D eigenvalue weighted by Gasteiger charge is -2.00. The molecule has 1 saturated carbocycles. The lowest BCUT2D eigenvalue weighted by atomic mass is 10.4. The van der Waals surface area contributed by atoms with Crippen LogP contribution in [0.25, 0.3) is 0 Å². The minimum absolute atomic E-state index is 0.599. The number of hydrogen-bond donors (Lipinski definition) is 0. The Hall–Kier alpha value is -0.240. The normalized spacial score (nSPS) is 21.3. The molecular weight excluding hydrogens is 172 g/mol. The molecule has 0 radical (unpaired) electrons. The molecule has 0 aromatic rings. The monoisotopic (exact) mass is 178 g/mol. The zero-order chi connectivity index (χ0) is 7.83. The van der Waals surface area contributed by atoms with E-state index in [9.17, 15) is 8.42 Å². The molecule has 0 aromatic heterocycles. The van der Waals surface area contributed by atoms with Gasteiger partial charge in [0.15, 0.2) is 0 Å². The Morgan fingerprint density at radius 1 is 1.60 bits per heavy atom. The zero-order valence-corrected chi connectivity index (χ0v) is 6.87. The Morgan fingerprint density at radius 2 is 2.10 bits per heavy atom. The summed E-state index contributed by atoms with van der Waals surface area (Å²) >= 11 is 0. The molecule has 4 heteroatoms. The van der Waals surface area contributed by atoms with Crippen molar-refractivity contribution < 1.29 is 8.42 Å². The Bertz CT molecular complexity index is 281. The van der Waals surface area contributed by atoms with Crippen LogP contribution in [-0.2, 0) is 9.05 Å². The third-order valence-electron chi connectivity index (χ3n) is 1.59. The van der Waals surface area contributed by atoms with Gasteiger partial charge < -0.3 is 0 Å². The molecular formula is C6H7ClO2S. The maximum Gasteiger partial charge on any atom is 0.242 e. The lowest BCUT2D eigenvalue weighted by Crippen LogP contribution is -2.13. The van der Waals surface area contributed by atoms with E-state index in [1.807, 2.05) is 0 Å². The molecule has 0 bridgehead atoms. The fourth-order valence-corrected chi connectivity index (χ4v) is 2.18. The Labute approximate surface area is 64.6 Å². The van der Waals surface area contributed by atoms with E-state index < -0.39 is 13.8 Å². The standard InChI is InChI=1S/C6H7ClO2S/c1-2-3-6(4-5-6)10(7,8)9/h3H,1,4-5H2. The van der Waals surface area contributed by atoms with E-state index in [1.165, 1.54) is 6.08 Å². The van der Waals surface area contributed by atoms with Crippen molar-refractivity contribution in [2.45, 2.75) is 17.6 Å². The topological polar surface area (TPSA) is 34.1 Å². The van der Waals surface area contributed by atoms with Crippen molar-refractivity contribution in [1.29, 1.82) is 0 Å². The van der Waals surface area contributed by atoms with Crippen molar-refractivity contribution in [2.24, 2.45) is 0 Å². The largest absolute Gasteiger partial charge is 0.242 e. The van der Waals surface area contributed by atoms with E-state index in [0.29, 0.717) is 12.8 Å². The lowest BCUT2D eigenvalue weighted by molar-refractivity contribution is 0.601. The van der Waals surface area contributed by atoms with Gasteiger partial charge in [-0.05, 0) is 18.9 Å². The van der Waals surface area contributed by atoms with E-state index in [2.05, 4.69) is 12.3 Å². The van der Waals surface area contributed by atoms with Gasteiger partial charge in [0.25, 0.3) is 0 Å². The van der Waals surface area contributed by atoms with Crippen LogP contribution in [0, 0.1) is 0 Å². The van der Waals surface area contributed by atoms with Crippen molar-refractivity contribution >= 4 is 19.7 Å². The highest BCUT2D eigenvalue weighted by molar-refractivity contribution is 8.15. The fraction of sp³-hybridized carbons (Fsp3) is 0.500. The number of halogens is 1. The third-order valence-corrected chi connectivity index (χ3v) is 4.01. The summed E-state index contributed by atoms with van der Waals surface area (Å²) in [5, 5.41) is 0. The molecule has 1 aliphatic carbocycles. The van der Waals surface area contributed by atoms with Gasteiger partial charge >= 0.3 is 0 Å². The van der Waals surface area contributed by atoms with Crippen LogP contribution < -0.4 is 0 Å². The van der Waals surface area contributed by atoms with Crippen molar-refractivity contribution in [3.63, 3.8) is 0 Å². The zero-order valence-electron chi connectivity index (χ0n) is 5.30. The van der Waals surface area contributed by atoms with Gasteiger partial charge in [-0.3, -0.25) is 0 Å². The van der Waals surface area contributed by atoms with E-state index in [1.54, 1.807) is 0 Å². The molecule has 0 heterocycles. The highest BCUT2D eigenvalue weighted by Gasteiger charge is 2.51. The van der Waals surface area contributed by atoms with Crippen LogP contribution in [0.1, 0.15) is 12.8 Å². The van der Waals surface area contributed by atoms with E-state index >= 15 is 0 Å². The first kappa shape index (κ1) is 7.86. The third kappa shape index (κ3) is 1.12. The molecule has 0 aliphatic heterocycles. The van der Waals surface area contributed by atoms with Gasteiger partial charge in [-0.25, -0.2) is 8.42 Å². The van der Waals surface area contributed by atoms with Crippen LogP contribution in [0.2, 0.25) is 0 Å². The SMILES string of the molecule is C=C=CC1(S(=O)(=O)Cl)CC1. The molecule has 0 amide bonds. The second kappa shape index (κ2) is 2.12. The molecule has 1 rings (SSSR count). The molecule has 0 N–H and O–H groups in total. The molecule has 0 saturated heterocycles. The van der Waals surface area contributed by atoms with E-state index in [0.717, 1.165) is 0 Å². The first-order chi connectivity index (χ1) is 4.52. The molecule has 0 spiro atoms. The Morgan fingerprint density at radius 3 is 2.20 bits per heavy atom. The summed E-state index contributed by atoms with van der Waals surface area (Å²) in [6.45, 7) is 3.30. The molecule has 10 heavy (non-hydrogen) atoms. The molecule has 0 atom stereocenters. The van der Waals surface area contributed by atoms with Crippen LogP contribution in [0.5, 0.6) is 0 Å². The van der Waals surface area contributed by atoms with Gasteiger partial charge in [-0.15, -0.1) is 5.73 Å². The second-order valence-electron chi connectivity index (χ2n) is 2.35. The summed E-state index contributed by atoms with van der Waals surface area (Å²) in [4.78, 5) is 0. The second-order valence-corrected chi connectivity index (χ2v) is 5.26. The minimum Gasteiger partial charge on any atom is -0.211 e. The Kier molecular flexibility index (Phi) is 1.67. The average Bonchev–Trinajstić information content (AvgIpc) is 2.45. The van der Waals surface area contributed by atoms with Gasteiger partial charge in [0, 0.05) is 10.7 Å². The van der Waals surface area contributed by atoms with Gasteiger partial charge in [-0.2, -0.15) is 0 Å². The quantitative estimate of drug-likeness (QED) is 0.474. The summed E-state index contributed by atoms with van der Waals surface area (Å²) < 4.78 is 20.7. The number of rotatable bonds is 2. The maximum atomic E-state index is 10.8. The predicted octanol–water partition coefficient (Wildman–Crippen LogP) is 1.43. The summed E-state index contributed by atoms with van der Waals surface area (Å²) in [5.41, 5.74) is 2.44. The Balaban J connectivity index is 3.02. The van der Waals surface area contributed by atoms with Crippen molar-refractivity contribution in [3.05, 3.63) is 18.4 Å². The van der Waals surface area contributed by atoms with Crippen LogP contribution in [0.4, 0.5) is 0 Å². The molecule has 1 aliphatic rings. The van der Waals surface area contributed by atoms with Crippen LogP contribution >= 0.6 is 10.7 Å². The first-order valence-electron chi connectivity index (χ1n) is 2.83. The van der Waals surface area contributed by atoms with E-state index in [4.69, 9.17) is 10.7 Å². The molecule has 2 nitrogen and oxygen atoms in total. The molecule has 0 unspecified atom stereocenters. The van der Waals surface area contributed by atoms with Gasteiger partial charge in [0.2, 0.25) is 9.05 Å². The van der Waals surface area contributed by atoms with Crippen LogP contribution in [-0.4, -0.2) is 13.2 Å². The van der Waals surface area contributed by atoms with Gasteiger partial charge in [0.1, 0.15) is 4.75 Å². The predicted molar refractivity (Wildman–Crippen MR) is 40.4 cm³/mol. The smallest absolute Gasteiger partial charge is 0.211 e. The summed E-state index contributed by atoms with van der Waals surface area (Å²) in [5.74, 6) is 0. The molecule has 0 aromatic carbocycles. The van der Waals surface area contributed by atoms with Gasteiger partial charge in [0.05, 0.1) is 0 Å². The summed E-state index contributed by atoms with van der Waals surface area (Å²) in [6.07, 6.45) is 2.62. The summed E-state index contributed by atoms with van der Waals surface area (Å²) in [7, 11) is 1.70. The van der Waals surface area contributed by atoms with Crippen LogP contribution in [0.15, 0.2) is 18.4 Å². The minimum atomic E-state index is -3.44. The first-order valence-corrected chi connectivity index (χ1v) is 5.14. The van der Waals surface area contributed by atoms with Gasteiger partial charge in [-0.1, -0.05) is 6.58 Å². The van der Waals surface area contributed by atoms with Crippen LogP contribution in [0.3, 0.4) is 0 Å². The van der Waals surface area contributed by atoms with Crippen molar-refractivity contribution in [1.82, 2.24) is 0 Å². The highest BCUT2D eigenvalue weighted by atomic mass is 35.7. The average molecular weight is 179 g/mol. The fourth-order valence-electron chi connectivity index (χ4n) is 0.768. The number of hydrogen-bond acceptors (Lipinski definition) is 2. The summed E-state index contributed by atoms with van der Waals surface area (Å²) in [6, 6.07) is 0. The van der Waals surface area contributed by atoms with Crippen molar-refractivity contribution in [3.8, 4) is 0 Å². The molecule has 56 valence electrons.